The first kappa shape index (κ1) is 31.7. The number of benzene rings is 12. The van der Waals surface area contributed by atoms with Gasteiger partial charge in [-0.3, -0.25) is 0 Å². The Kier molecular flexibility index (Phi) is 6.83. The molecule has 0 heterocycles. The SMILES string of the molecule is [2H]c1c([2H])c([2H])c(-c2cc(-c3ccc(-c4cccc5c4-c4ccccc4C5(C)C)cc3)c3ccc4c(-c5c([2H])c([2H])c([2H])c([2H])c5[2H])cc(-c5cccc(-c6cccc7c6-c6ccccc6C7(C)C)c5)c5ccc2c3c54)c([2H])c1[2H]. The van der Waals surface area contributed by atoms with Gasteiger partial charge in [-0.1, -0.05) is 240 Å². The van der Waals surface area contributed by atoms with E-state index in [0.29, 0.717) is 21.9 Å². The summed E-state index contributed by atoms with van der Waals surface area (Å²) in [7, 11) is 0. The largest absolute Gasteiger partial charge is 0.0629 e. The smallest absolute Gasteiger partial charge is 0.0622 e. The molecular formula is C70H50. The first-order chi connectivity index (χ1) is 38.4. The predicted octanol–water partition coefficient (Wildman–Crippen LogP) is 19.2. The molecule has 14 rings (SSSR count). The van der Waals surface area contributed by atoms with E-state index in [9.17, 15) is 5.48 Å². The highest BCUT2D eigenvalue weighted by molar-refractivity contribution is 6.32. The van der Waals surface area contributed by atoms with Crippen molar-refractivity contribution >= 4 is 32.3 Å². The summed E-state index contributed by atoms with van der Waals surface area (Å²) in [4.78, 5) is 0. The molecule has 0 heteroatoms. The van der Waals surface area contributed by atoms with Crippen molar-refractivity contribution in [1.82, 2.24) is 0 Å². The highest BCUT2D eigenvalue weighted by Gasteiger charge is 2.38. The van der Waals surface area contributed by atoms with Gasteiger partial charge in [0.15, 0.2) is 0 Å². The minimum atomic E-state index is -0.487. The van der Waals surface area contributed by atoms with Gasteiger partial charge in [0.25, 0.3) is 0 Å². The van der Waals surface area contributed by atoms with Crippen LogP contribution in [0, 0.1) is 0 Å². The molecule has 0 spiro atoms. The molecule has 0 bridgehead atoms. The van der Waals surface area contributed by atoms with Crippen LogP contribution in [0.5, 0.6) is 0 Å². The molecule has 0 aromatic heterocycles. The topological polar surface area (TPSA) is 0 Å². The second kappa shape index (κ2) is 15.1. The van der Waals surface area contributed by atoms with Crippen molar-refractivity contribution in [1.29, 1.82) is 0 Å². The molecule has 2 aliphatic rings. The van der Waals surface area contributed by atoms with E-state index in [4.69, 9.17) is 8.22 Å². The van der Waals surface area contributed by atoms with Crippen molar-refractivity contribution in [2.24, 2.45) is 0 Å². The summed E-state index contributed by atoms with van der Waals surface area (Å²) in [6.07, 6.45) is 0. The van der Waals surface area contributed by atoms with Crippen LogP contribution in [0.4, 0.5) is 0 Å². The molecule has 0 nitrogen and oxygen atoms in total. The minimum Gasteiger partial charge on any atom is -0.0622 e. The maximum atomic E-state index is 9.40. The zero-order valence-electron chi connectivity index (χ0n) is 49.2. The molecular weight excluding hydrogens is 841 g/mol. The Morgan fingerprint density at radius 3 is 1.09 bits per heavy atom. The third kappa shape index (κ3) is 5.83. The van der Waals surface area contributed by atoms with Gasteiger partial charge in [0.05, 0.1) is 13.7 Å². The van der Waals surface area contributed by atoms with E-state index in [-0.39, 0.29) is 46.1 Å². The van der Waals surface area contributed by atoms with E-state index >= 15 is 0 Å². The fourth-order valence-electron chi connectivity index (χ4n) is 12.3. The van der Waals surface area contributed by atoms with Gasteiger partial charge >= 0.3 is 0 Å². The fourth-order valence-corrected chi connectivity index (χ4v) is 12.3. The molecule has 0 amide bonds. The molecule has 0 radical (unpaired) electrons. The monoisotopic (exact) mass is 900 g/mol. The van der Waals surface area contributed by atoms with Crippen LogP contribution in [0.1, 0.15) is 63.7 Å². The van der Waals surface area contributed by atoms with Crippen molar-refractivity contribution in [3.63, 3.8) is 0 Å². The average Bonchev–Trinajstić information content (AvgIpc) is 3.97. The molecule has 12 aromatic rings. The third-order valence-electron chi connectivity index (χ3n) is 15.6. The third-order valence-corrected chi connectivity index (χ3v) is 15.6. The van der Waals surface area contributed by atoms with Gasteiger partial charge < -0.3 is 0 Å². The fraction of sp³-hybridized carbons (Fsp3) is 0.0857. The molecule has 0 saturated heterocycles. The summed E-state index contributed by atoms with van der Waals surface area (Å²) in [6.45, 7) is 9.08. The quantitative estimate of drug-likeness (QED) is 0.146. The molecule has 0 unspecified atom stereocenters. The van der Waals surface area contributed by atoms with Crippen molar-refractivity contribution in [3.05, 3.63) is 253 Å². The van der Waals surface area contributed by atoms with Crippen LogP contribution in [0.25, 0.3) is 121 Å². The van der Waals surface area contributed by atoms with Crippen molar-refractivity contribution in [3.8, 4) is 89.0 Å². The van der Waals surface area contributed by atoms with Gasteiger partial charge in [-0.25, -0.2) is 0 Å². The molecule has 330 valence electrons. The van der Waals surface area contributed by atoms with Crippen LogP contribution in [-0.4, -0.2) is 0 Å². The Hall–Kier alpha value is -8.32. The lowest BCUT2D eigenvalue weighted by atomic mass is 9.81. The van der Waals surface area contributed by atoms with Gasteiger partial charge in [-0.2, -0.15) is 0 Å². The first-order valence-electron chi connectivity index (χ1n) is 29.0. The standard InChI is InChI=1S/C70H50/c1-69(2)61-28-13-11-24-55(61)65-49(26-16-30-63(65)69)45-32-34-46(35-33-45)59-41-57(43-18-7-5-8-19-43)51-38-39-54-60(42-58(44-20-9-6-10-21-44)52-36-37-53(59)67(51)68(52)54)48-23-15-22-47(40-48)50-27-17-31-64-66(50)56-25-12-14-29-62(56)70(64,3)4/h5-42H,1-4H3/i5D,6D,7D,8D,9D,10D,18D,19D,20D,21D. The van der Waals surface area contributed by atoms with Crippen molar-refractivity contribution in [2.45, 2.75) is 38.5 Å². The Balaban J connectivity index is 1.06. The molecule has 0 aliphatic heterocycles. The van der Waals surface area contributed by atoms with Gasteiger partial charge in [0.2, 0.25) is 0 Å². The average molecular weight is 901 g/mol. The molecule has 0 N–H and O–H groups in total. The zero-order valence-corrected chi connectivity index (χ0v) is 39.2. The van der Waals surface area contributed by atoms with E-state index in [1.807, 2.05) is 42.5 Å². The van der Waals surface area contributed by atoms with Gasteiger partial charge in [0, 0.05) is 10.8 Å². The lowest BCUT2D eigenvalue weighted by Crippen LogP contribution is -2.14. The summed E-state index contributed by atoms with van der Waals surface area (Å²) in [6, 6.07) is 54.8. The highest BCUT2D eigenvalue weighted by Crippen LogP contribution is 2.55. The van der Waals surface area contributed by atoms with Crippen LogP contribution in [0.15, 0.2) is 230 Å². The molecule has 12 aromatic carbocycles. The van der Waals surface area contributed by atoms with Crippen LogP contribution in [0.3, 0.4) is 0 Å². The van der Waals surface area contributed by atoms with Crippen LogP contribution >= 0.6 is 0 Å². The number of rotatable bonds is 6. The molecule has 0 fully saturated rings. The lowest BCUT2D eigenvalue weighted by Gasteiger charge is -2.22. The number of fused-ring (bicyclic) bond motifs is 6. The Morgan fingerprint density at radius 2 is 0.614 bits per heavy atom. The summed E-state index contributed by atoms with van der Waals surface area (Å²) < 4.78 is 90.3. The minimum absolute atomic E-state index is 0.0612. The van der Waals surface area contributed by atoms with E-state index in [1.165, 1.54) is 44.5 Å². The van der Waals surface area contributed by atoms with E-state index in [1.54, 1.807) is 0 Å². The predicted molar refractivity (Wildman–Crippen MR) is 298 cm³/mol. The second-order valence-electron chi connectivity index (χ2n) is 20.0. The maximum Gasteiger partial charge on any atom is 0.0629 e. The van der Waals surface area contributed by atoms with Crippen LogP contribution < -0.4 is 0 Å². The van der Waals surface area contributed by atoms with E-state index in [2.05, 4.69) is 155 Å². The highest BCUT2D eigenvalue weighted by atomic mass is 14.4. The van der Waals surface area contributed by atoms with Crippen molar-refractivity contribution in [2.75, 3.05) is 0 Å². The number of hydrogen-bond acceptors (Lipinski definition) is 0. The van der Waals surface area contributed by atoms with E-state index in [0.717, 1.165) is 66.1 Å². The van der Waals surface area contributed by atoms with Crippen LogP contribution in [-0.2, 0) is 10.8 Å². The molecule has 0 atom stereocenters. The normalized spacial score (nSPS) is 15.9. The summed E-state index contributed by atoms with van der Waals surface area (Å²) >= 11 is 0. The molecule has 70 heavy (non-hydrogen) atoms. The first-order valence-corrected chi connectivity index (χ1v) is 24.0. The van der Waals surface area contributed by atoms with Gasteiger partial charge in [-0.05, 0) is 162 Å². The van der Waals surface area contributed by atoms with Gasteiger partial charge in [-0.15, -0.1) is 0 Å². The second-order valence-corrected chi connectivity index (χ2v) is 20.0. The Bertz CT molecular complexity index is 4640. The summed E-state index contributed by atoms with van der Waals surface area (Å²) in [5.41, 5.74) is 17.9. The van der Waals surface area contributed by atoms with E-state index < -0.39 is 36.3 Å². The maximum absolute atomic E-state index is 9.40. The van der Waals surface area contributed by atoms with Gasteiger partial charge in [0.1, 0.15) is 0 Å². The Morgan fingerprint density at radius 1 is 0.271 bits per heavy atom. The lowest BCUT2D eigenvalue weighted by molar-refractivity contribution is 0.660. The number of hydrogen-bond donors (Lipinski definition) is 0. The summed E-state index contributed by atoms with van der Waals surface area (Å²) in [5.74, 6) is 0. The van der Waals surface area contributed by atoms with Crippen LogP contribution in [0.2, 0.25) is 0 Å². The Labute approximate surface area is 424 Å². The summed E-state index contributed by atoms with van der Waals surface area (Å²) in [5, 5.41) is 4.42. The van der Waals surface area contributed by atoms with Crippen molar-refractivity contribution < 1.29 is 13.7 Å². The molecule has 2 aliphatic carbocycles. The molecule has 0 saturated carbocycles. The zero-order chi connectivity index (χ0) is 55.6.